The van der Waals surface area contributed by atoms with Gasteiger partial charge in [0.05, 0.1) is 0 Å². The third-order valence-corrected chi connectivity index (χ3v) is 1.66. The van der Waals surface area contributed by atoms with Crippen molar-refractivity contribution in [3.05, 3.63) is 18.1 Å². The monoisotopic (exact) mass is 235 g/mol. The van der Waals surface area contributed by atoms with E-state index in [1.807, 2.05) is 0 Å². The zero-order valence-electron chi connectivity index (χ0n) is 8.19. The molecule has 0 amide bonds. The Kier molecular flexibility index (Phi) is 3.31. The summed E-state index contributed by atoms with van der Waals surface area (Å²) < 4.78 is 36.3. The number of aromatic nitrogens is 2. The number of aromatic carboxylic acids is 1. The Hall–Kier alpha value is -1.86. The van der Waals surface area contributed by atoms with Gasteiger partial charge in [0.15, 0.2) is 11.5 Å². The summed E-state index contributed by atoms with van der Waals surface area (Å²) in [5, 5.41) is 8.70. The molecule has 1 heterocycles. The molecule has 0 aliphatic rings. The molecule has 1 aromatic heterocycles. The van der Waals surface area contributed by atoms with Gasteiger partial charge in [-0.3, -0.25) is 0 Å². The number of alkyl halides is 3. The predicted molar refractivity (Wildman–Crippen MR) is 48.3 cm³/mol. The van der Waals surface area contributed by atoms with E-state index in [4.69, 9.17) is 5.11 Å². The summed E-state index contributed by atoms with van der Waals surface area (Å²) in [5.41, 5.74) is -0.505. The average Bonchev–Trinajstić information content (AvgIpc) is 2.15. The molecule has 0 aliphatic carbocycles. The average molecular weight is 235 g/mol. The van der Waals surface area contributed by atoms with Crippen LogP contribution in [0.2, 0.25) is 0 Å². The van der Waals surface area contributed by atoms with Crippen LogP contribution < -0.4 is 4.90 Å². The van der Waals surface area contributed by atoms with E-state index in [9.17, 15) is 18.0 Å². The Balaban J connectivity index is 2.99. The molecule has 0 unspecified atom stereocenters. The lowest BCUT2D eigenvalue weighted by Gasteiger charge is -2.20. The minimum Gasteiger partial charge on any atom is -0.476 e. The fourth-order valence-corrected chi connectivity index (χ4v) is 1.10. The van der Waals surface area contributed by atoms with E-state index in [1.165, 1.54) is 0 Å². The maximum Gasteiger partial charge on any atom is 0.405 e. The van der Waals surface area contributed by atoms with E-state index in [-0.39, 0.29) is 5.82 Å². The zero-order chi connectivity index (χ0) is 12.3. The Morgan fingerprint density at radius 1 is 1.44 bits per heavy atom. The second-order valence-corrected chi connectivity index (χ2v) is 3.00. The first-order valence-electron chi connectivity index (χ1n) is 4.13. The molecule has 0 bridgehead atoms. The van der Waals surface area contributed by atoms with Crippen LogP contribution in [0.4, 0.5) is 19.0 Å². The van der Waals surface area contributed by atoms with Crippen LogP contribution in [-0.2, 0) is 0 Å². The van der Waals surface area contributed by atoms with E-state index in [2.05, 4.69) is 9.97 Å². The van der Waals surface area contributed by atoms with Gasteiger partial charge in [-0.15, -0.1) is 0 Å². The van der Waals surface area contributed by atoms with Gasteiger partial charge in [-0.25, -0.2) is 14.8 Å². The van der Waals surface area contributed by atoms with Gasteiger partial charge in [-0.1, -0.05) is 0 Å². The topological polar surface area (TPSA) is 66.3 Å². The summed E-state index contributed by atoms with van der Waals surface area (Å²) in [4.78, 5) is 18.4. The minimum atomic E-state index is -4.43. The molecule has 5 nitrogen and oxygen atoms in total. The molecule has 0 aromatic carbocycles. The summed E-state index contributed by atoms with van der Waals surface area (Å²) in [5.74, 6) is -1.73. The molecule has 16 heavy (non-hydrogen) atoms. The summed E-state index contributed by atoms with van der Waals surface area (Å²) in [7, 11) is 1.10. The largest absolute Gasteiger partial charge is 0.476 e. The molecule has 8 heteroatoms. The van der Waals surface area contributed by atoms with Crippen molar-refractivity contribution in [2.45, 2.75) is 6.18 Å². The maximum atomic E-state index is 12.1. The van der Waals surface area contributed by atoms with Crippen LogP contribution in [0.25, 0.3) is 0 Å². The first kappa shape index (κ1) is 12.2. The number of nitrogens with zero attached hydrogens (tertiary/aromatic N) is 3. The summed E-state index contributed by atoms with van der Waals surface area (Å²) in [6, 6.07) is 0. The van der Waals surface area contributed by atoms with Crippen molar-refractivity contribution in [1.82, 2.24) is 9.97 Å². The number of anilines is 1. The molecule has 0 radical (unpaired) electrons. The van der Waals surface area contributed by atoms with Crippen molar-refractivity contribution < 1.29 is 23.1 Å². The highest BCUT2D eigenvalue weighted by Gasteiger charge is 2.31. The standard InChI is InChI=1S/C8H8F3N3O2/c1-14(4-8(9,10)11)6-5(7(15)16)12-2-3-13-6/h2-3H,4H2,1H3,(H,15,16). The Labute approximate surface area is 88.5 Å². The van der Waals surface area contributed by atoms with Crippen LogP contribution in [0, 0.1) is 0 Å². The number of carboxylic acids is 1. The van der Waals surface area contributed by atoms with Crippen molar-refractivity contribution in [1.29, 1.82) is 0 Å². The zero-order valence-corrected chi connectivity index (χ0v) is 8.19. The second kappa shape index (κ2) is 4.33. The summed E-state index contributed by atoms with van der Waals surface area (Å²) in [6.07, 6.45) is -2.19. The van der Waals surface area contributed by atoms with E-state index in [1.54, 1.807) is 0 Å². The predicted octanol–water partition coefficient (Wildman–Crippen LogP) is 1.17. The second-order valence-electron chi connectivity index (χ2n) is 3.00. The number of halogens is 3. The van der Waals surface area contributed by atoms with Gasteiger partial charge in [0.25, 0.3) is 0 Å². The van der Waals surface area contributed by atoms with Gasteiger partial charge in [0.1, 0.15) is 6.54 Å². The summed E-state index contributed by atoms with van der Waals surface area (Å²) in [6.45, 7) is -1.29. The van der Waals surface area contributed by atoms with Crippen LogP contribution >= 0.6 is 0 Å². The minimum absolute atomic E-state index is 0.313. The quantitative estimate of drug-likeness (QED) is 0.851. The lowest BCUT2D eigenvalue weighted by molar-refractivity contribution is -0.119. The molecule has 0 saturated carbocycles. The highest BCUT2D eigenvalue weighted by Crippen LogP contribution is 2.20. The maximum absolute atomic E-state index is 12.1. The van der Waals surface area contributed by atoms with Crippen molar-refractivity contribution in [3.63, 3.8) is 0 Å². The molecule has 0 atom stereocenters. The third kappa shape index (κ3) is 3.07. The van der Waals surface area contributed by atoms with Crippen LogP contribution in [0.15, 0.2) is 12.4 Å². The van der Waals surface area contributed by atoms with Crippen molar-refractivity contribution >= 4 is 11.8 Å². The van der Waals surface area contributed by atoms with Crippen LogP contribution in [-0.4, -0.2) is 40.8 Å². The molecule has 0 saturated heterocycles. The lowest BCUT2D eigenvalue weighted by atomic mass is 10.3. The molecular formula is C8H8F3N3O2. The SMILES string of the molecule is CN(CC(F)(F)F)c1nccnc1C(=O)O. The molecule has 0 aliphatic heterocycles. The number of hydrogen-bond acceptors (Lipinski definition) is 4. The normalized spacial score (nSPS) is 11.2. The molecule has 0 spiro atoms. The van der Waals surface area contributed by atoms with Gasteiger partial charge in [0.2, 0.25) is 0 Å². The van der Waals surface area contributed by atoms with Crippen molar-refractivity contribution in [2.75, 3.05) is 18.5 Å². The first-order valence-corrected chi connectivity index (χ1v) is 4.13. The van der Waals surface area contributed by atoms with Gasteiger partial charge >= 0.3 is 12.1 Å². The van der Waals surface area contributed by atoms with Crippen LogP contribution in [0.5, 0.6) is 0 Å². The van der Waals surface area contributed by atoms with E-state index in [0.29, 0.717) is 4.90 Å². The Bertz CT molecular complexity index is 394. The molecule has 1 N–H and O–H groups in total. The Morgan fingerprint density at radius 3 is 2.50 bits per heavy atom. The van der Waals surface area contributed by atoms with Gasteiger partial charge < -0.3 is 10.0 Å². The number of carboxylic acid groups (broad SMARTS) is 1. The van der Waals surface area contributed by atoms with Crippen molar-refractivity contribution in [2.24, 2.45) is 0 Å². The molecule has 0 fully saturated rings. The smallest absolute Gasteiger partial charge is 0.405 e. The third-order valence-electron chi connectivity index (χ3n) is 1.66. The van der Waals surface area contributed by atoms with Gasteiger partial charge in [-0.05, 0) is 0 Å². The molecule has 88 valence electrons. The molecule has 1 aromatic rings. The summed E-state index contributed by atoms with van der Waals surface area (Å²) >= 11 is 0. The van der Waals surface area contributed by atoms with Gasteiger partial charge in [0, 0.05) is 19.4 Å². The first-order chi connectivity index (χ1) is 7.31. The number of rotatable bonds is 3. The number of carbonyl (C=O) groups is 1. The molecular weight excluding hydrogens is 227 g/mol. The van der Waals surface area contributed by atoms with E-state index in [0.717, 1.165) is 19.4 Å². The lowest BCUT2D eigenvalue weighted by Crippen LogP contribution is -2.32. The fraction of sp³-hybridized carbons (Fsp3) is 0.375. The van der Waals surface area contributed by atoms with Crippen LogP contribution in [0.3, 0.4) is 0 Å². The highest BCUT2D eigenvalue weighted by molar-refractivity contribution is 5.90. The fourth-order valence-electron chi connectivity index (χ4n) is 1.10. The number of hydrogen-bond donors (Lipinski definition) is 1. The highest BCUT2D eigenvalue weighted by atomic mass is 19.4. The Morgan fingerprint density at radius 2 is 2.00 bits per heavy atom. The van der Waals surface area contributed by atoms with E-state index < -0.39 is 24.4 Å². The van der Waals surface area contributed by atoms with E-state index >= 15 is 0 Å². The van der Waals surface area contributed by atoms with Crippen LogP contribution in [0.1, 0.15) is 10.5 Å². The van der Waals surface area contributed by atoms with Gasteiger partial charge in [-0.2, -0.15) is 13.2 Å². The van der Waals surface area contributed by atoms with Crippen molar-refractivity contribution in [3.8, 4) is 0 Å². The molecule has 1 rings (SSSR count).